The van der Waals surface area contributed by atoms with Gasteiger partial charge in [-0.2, -0.15) is 0 Å². The first-order chi connectivity index (χ1) is 7.07. The van der Waals surface area contributed by atoms with Crippen molar-refractivity contribution in [3.05, 3.63) is 0 Å². The molecular formula is C12H23ClO2. The van der Waals surface area contributed by atoms with Crippen molar-refractivity contribution in [2.24, 2.45) is 5.92 Å². The zero-order valence-electron chi connectivity index (χ0n) is 10.1. The molecule has 1 unspecified atom stereocenters. The third-order valence-corrected chi connectivity index (χ3v) is 2.77. The molecule has 0 heterocycles. The molecule has 0 saturated heterocycles. The Labute approximate surface area is 98.3 Å². The van der Waals surface area contributed by atoms with E-state index in [2.05, 4.69) is 13.8 Å². The van der Waals surface area contributed by atoms with E-state index in [0.717, 1.165) is 18.8 Å². The van der Waals surface area contributed by atoms with E-state index in [-0.39, 0.29) is 5.97 Å². The molecule has 0 aliphatic rings. The van der Waals surface area contributed by atoms with E-state index in [0.29, 0.717) is 13.0 Å². The number of halogens is 1. The van der Waals surface area contributed by atoms with Crippen LogP contribution >= 0.6 is 11.6 Å². The maximum Gasteiger partial charge on any atom is 0.324 e. The number of alkyl halides is 1. The quantitative estimate of drug-likeness (QED) is 0.363. The fourth-order valence-corrected chi connectivity index (χ4v) is 1.32. The van der Waals surface area contributed by atoms with Gasteiger partial charge in [-0.05, 0) is 18.8 Å². The normalized spacial score (nSPS) is 12.9. The van der Waals surface area contributed by atoms with Gasteiger partial charge in [0.15, 0.2) is 0 Å². The van der Waals surface area contributed by atoms with E-state index in [9.17, 15) is 4.79 Å². The number of rotatable bonds is 8. The van der Waals surface area contributed by atoms with Gasteiger partial charge in [0, 0.05) is 0 Å². The molecule has 90 valence electrons. The van der Waals surface area contributed by atoms with E-state index >= 15 is 0 Å². The Morgan fingerprint density at radius 3 is 2.47 bits per heavy atom. The molecule has 0 saturated carbocycles. The van der Waals surface area contributed by atoms with Crippen LogP contribution in [-0.2, 0) is 9.53 Å². The van der Waals surface area contributed by atoms with E-state index in [1.807, 2.05) is 6.92 Å². The molecule has 0 rings (SSSR count). The molecule has 2 nitrogen and oxygen atoms in total. The molecular weight excluding hydrogens is 212 g/mol. The Morgan fingerprint density at radius 1 is 1.27 bits per heavy atom. The summed E-state index contributed by atoms with van der Waals surface area (Å²) in [4.78, 5) is 11.2. The summed E-state index contributed by atoms with van der Waals surface area (Å²) in [6.45, 7) is 6.83. The van der Waals surface area contributed by atoms with Crippen LogP contribution in [0, 0.1) is 5.92 Å². The third-order valence-electron chi connectivity index (χ3n) is 2.28. The molecule has 0 fully saturated rings. The SMILES string of the molecule is CCC(Cl)C(=O)OCCCCCC(C)C. The molecule has 0 bridgehead atoms. The predicted molar refractivity (Wildman–Crippen MR) is 64.2 cm³/mol. The summed E-state index contributed by atoms with van der Waals surface area (Å²) in [6, 6.07) is 0. The predicted octanol–water partition coefficient (Wildman–Crippen LogP) is 3.76. The number of esters is 1. The lowest BCUT2D eigenvalue weighted by atomic mass is 10.1. The summed E-state index contributed by atoms with van der Waals surface area (Å²) in [5, 5.41) is -0.472. The topological polar surface area (TPSA) is 26.3 Å². The van der Waals surface area contributed by atoms with E-state index in [4.69, 9.17) is 16.3 Å². The van der Waals surface area contributed by atoms with Crippen molar-refractivity contribution in [2.75, 3.05) is 6.61 Å². The van der Waals surface area contributed by atoms with Gasteiger partial charge in [-0.15, -0.1) is 11.6 Å². The fraction of sp³-hybridized carbons (Fsp3) is 0.917. The summed E-state index contributed by atoms with van der Waals surface area (Å²) in [7, 11) is 0. The van der Waals surface area contributed by atoms with Crippen molar-refractivity contribution in [1.82, 2.24) is 0 Å². The lowest BCUT2D eigenvalue weighted by Gasteiger charge is -2.08. The molecule has 3 heteroatoms. The summed E-state index contributed by atoms with van der Waals surface area (Å²) in [5.74, 6) is 0.489. The van der Waals surface area contributed by atoms with Crippen LogP contribution in [0.25, 0.3) is 0 Å². The van der Waals surface area contributed by atoms with Crippen LogP contribution in [-0.4, -0.2) is 18.0 Å². The summed E-state index contributed by atoms with van der Waals surface area (Å²) in [6.07, 6.45) is 5.18. The average Bonchev–Trinajstić information content (AvgIpc) is 2.21. The molecule has 0 N–H and O–H groups in total. The molecule has 0 aromatic carbocycles. The zero-order chi connectivity index (χ0) is 11.7. The van der Waals surface area contributed by atoms with Gasteiger partial charge in [-0.3, -0.25) is 4.79 Å². The minimum atomic E-state index is -0.472. The van der Waals surface area contributed by atoms with Crippen LogP contribution in [0.5, 0.6) is 0 Å². The van der Waals surface area contributed by atoms with Crippen LogP contribution in [0.2, 0.25) is 0 Å². The van der Waals surface area contributed by atoms with Crippen molar-refractivity contribution in [2.45, 2.75) is 58.3 Å². The van der Waals surface area contributed by atoms with Crippen molar-refractivity contribution >= 4 is 17.6 Å². The van der Waals surface area contributed by atoms with Crippen LogP contribution in [0.3, 0.4) is 0 Å². The Kier molecular flexibility index (Phi) is 8.88. The Morgan fingerprint density at radius 2 is 1.93 bits per heavy atom. The summed E-state index contributed by atoms with van der Waals surface area (Å²) < 4.78 is 5.03. The lowest BCUT2D eigenvalue weighted by Crippen LogP contribution is -2.17. The first-order valence-corrected chi connectivity index (χ1v) is 6.32. The third kappa shape index (κ3) is 8.73. The second-order valence-corrected chi connectivity index (χ2v) is 4.81. The zero-order valence-corrected chi connectivity index (χ0v) is 10.8. The van der Waals surface area contributed by atoms with Gasteiger partial charge >= 0.3 is 5.97 Å². The van der Waals surface area contributed by atoms with Gasteiger partial charge in [-0.1, -0.05) is 40.0 Å². The highest BCUT2D eigenvalue weighted by Crippen LogP contribution is 2.09. The number of carbonyl (C=O) groups is 1. The molecule has 0 aromatic rings. The van der Waals surface area contributed by atoms with Gasteiger partial charge in [0.25, 0.3) is 0 Å². The summed E-state index contributed by atoms with van der Waals surface area (Å²) >= 11 is 5.72. The van der Waals surface area contributed by atoms with Crippen LogP contribution in [0.1, 0.15) is 52.9 Å². The number of hydrogen-bond donors (Lipinski definition) is 0. The monoisotopic (exact) mass is 234 g/mol. The highest BCUT2D eigenvalue weighted by atomic mass is 35.5. The van der Waals surface area contributed by atoms with Gasteiger partial charge in [0.05, 0.1) is 6.61 Å². The molecule has 15 heavy (non-hydrogen) atoms. The lowest BCUT2D eigenvalue weighted by molar-refractivity contribution is -0.143. The van der Waals surface area contributed by atoms with Crippen molar-refractivity contribution < 1.29 is 9.53 Å². The number of ether oxygens (including phenoxy) is 1. The maximum atomic E-state index is 11.2. The van der Waals surface area contributed by atoms with E-state index in [1.165, 1.54) is 12.8 Å². The standard InChI is InChI=1S/C12H23ClO2/c1-4-11(13)12(14)15-9-7-5-6-8-10(2)3/h10-11H,4-9H2,1-3H3. The summed E-state index contributed by atoms with van der Waals surface area (Å²) in [5.41, 5.74) is 0. The second-order valence-electron chi connectivity index (χ2n) is 4.29. The number of carbonyl (C=O) groups excluding carboxylic acids is 1. The molecule has 1 atom stereocenters. The van der Waals surface area contributed by atoms with E-state index < -0.39 is 5.38 Å². The Bertz CT molecular complexity index is 169. The molecule has 0 aromatic heterocycles. The van der Waals surface area contributed by atoms with Gasteiger partial charge in [-0.25, -0.2) is 0 Å². The fourth-order valence-electron chi connectivity index (χ4n) is 1.26. The molecule has 0 aliphatic carbocycles. The van der Waals surface area contributed by atoms with Gasteiger partial charge in [0.1, 0.15) is 5.38 Å². The highest BCUT2D eigenvalue weighted by molar-refractivity contribution is 6.29. The largest absolute Gasteiger partial charge is 0.465 e. The Hall–Kier alpha value is -0.240. The van der Waals surface area contributed by atoms with Gasteiger partial charge < -0.3 is 4.74 Å². The molecule has 0 radical (unpaired) electrons. The Balaban J connectivity index is 3.27. The maximum absolute atomic E-state index is 11.2. The van der Waals surface area contributed by atoms with Gasteiger partial charge in [0.2, 0.25) is 0 Å². The minimum Gasteiger partial charge on any atom is -0.465 e. The van der Waals surface area contributed by atoms with Crippen LogP contribution in [0.4, 0.5) is 0 Å². The molecule has 0 aliphatic heterocycles. The first-order valence-electron chi connectivity index (χ1n) is 5.88. The molecule has 0 spiro atoms. The second kappa shape index (κ2) is 9.02. The van der Waals surface area contributed by atoms with Crippen molar-refractivity contribution in [3.63, 3.8) is 0 Å². The van der Waals surface area contributed by atoms with E-state index in [1.54, 1.807) is 0 Å². The van der Waals surface area contributed by atoms with Crippen molar-refractivity contribution in [3.8, 4) is 0 Å². The average molecular weight is 235 g/mol. The first kappa shape index (κ1) is 14.8. The number of hydrogen-bond acceptors (Lipinski definition) is 2. The smallest absolute Gasteiger partial charge is 0.324 e. The number of unbranched alkanes of at least 4 members (excludes halogenated alkanes) is 2. The van der Waals surface area contributed by atoms with Crippen LogP contribution in [0.15, 0.2) is 0 Å². The van der Waals surface area contributed by atoms with Crippen molar-refractivity contribution in [1.29, 1.82) is 0 Å². The highest BCUT2D eigenvalue weighted by Gasteiger charge is 2.13. The molecule has 0 amide bonds. The van der Waals surface area contributed by atoms with Crippen LogP contribution < -0.4 is 0 Å². The minimum absolute atomic E-state index is 0.275.